The average Bonchev–Trinajstić information content (AvgIpc) is 2.54. The molecule has 0 spiro atoms. The summed E-state index contributed by atoms with van der Waals surface area (Å²) in [6.45, 7) is 1.08. The summed E-state index contributed by atoms with van der Waals surface area (Å²) in [5.41, 5.74) is 8.99. The Bertz CT molecular complexity index is 710. The summed E-state index contributed by atoms with van der Waals surface area (Å²) in [6, 6.07) is 14.9. The summed E-state index contributed by atoms with van der Waals surface area (Å²) in [4.78, 5) is 2.29. The van der Waals surface area contributed by atoms with Gasteiger partial charge in [0.1, 0.15) is 5.82 Å². The number of nitrogens with zero attached hydrogens (tertiary/aromatic N) is 1. The highest BCUT2D eigenvalue weighted by Gasteiger charge is 2.18. The summed E-state index contributed by atoms with van der Waals surface area (Å²) in [6.07, 6.45) is 6.82. The van der Waals surface area contributed by atoms with Gasteiger partial charge < -0.3 is 4.90 Å². The van der Waals surface area contributed by atoms with Gasteiger partial charge in [-0.1, -0.05) is 42.5 Å². The van der Waals surface area contributed by atoms with Gasteiger partial charge in [-0.3, -0.25) is 10.9 Å². The second-order valence-corrected chi connectivity index (χ2v) is 5.24. The molecule has 3 nitrogen and oxygen atoms in total. The van der Waals surface area contributed by atoms with Gasteiger partial charge in [0.15, 0.2) is 0 Å². The molecule has 3 heteroatoms. The molecule has 2 N–H and O–H groups in total. The average molecular weight is 263 g/mol. The molecule has 0 radical (unpaired) electrons. The number of rotatable bonds is 1. The van der Waals surface area contributed by atoms with E-state index < -0.39 is 0 Å². The van der Waals surface area contributed by atoms with Crippen molar-refractivity contribution in [1.82, 2.24) is 15.8 Å². The maximum absolute atomic E-state index is 3.33. The summed E-state index contributed by atoms with van der Waals surface area (Å²) in [7, 11) is 0. The Balaban J connectivity index is 1.82. The maximum Gasteiger partial charge on any atom is 0.120 e. The minimum absolute atomic E-state index is 1.08. The molecule has 0 aliphatic carbocycles. The van der Waals surface area contributed by atoms with Gasteiger partial charge in [-0.15, -0.1) is 0 Å². The van der Waals surface area contributed by atoms with Crippen LogP contribution < -0.4 is 10.9 Å². The normalized spacial score (nSPS) is 17.7. The Hall–Kier alpha value is -2.42. The molecule has 0 unspecified atom stereocenters. The number of hydrogen-bond acceptors (Lipinski definition) is 3. The van der Waals surface area contributed by atoms with Crippen molar-refractivity contribution in [2.45, 2.75) is 12.8 Å². The fourth-order valence-corrected chi connectivity index (χ4v) is 2.91. The van der Waals surface area contributed by atoms with Crippen LogP contribution in [0.25, 0.3) is 16.5 Å². The van der Waals surface area contributed by atoms with Crippen molar-refractivity contribution < 1.29 is 0 Å². The van der Waals surface area contributed by atoms with Crippen LogP contribution in [0.15, 0.2) is 60.6 Å². The van der Waals surface area contributed by atoms with Crippen molar-refractivity contribution >= 4 is 16.5 Å². The molecule has 2 aliphatic heterocycles. The first-order chi connectivity index (χ1) is 9.92. The summed E-state index contributed by atoms with van der Waals surface area (Å²) in [5, 5.41) is 2.55. The Morgan fingerprint density at radius 3 is 2.85 bits per heavy atom. The van der Waals surface area contributed by atoms with Crippen molar-refractivity contribution in [3.05, 3.63) is 66.1 Å². The third-order valence-electron chi connectivity index (χ3n) is 3.94. The highest BCUT2D eigenvalue weighted by atomic mass is 15.5. The molecule has 0 saturated carbocycles. The third kappa shape index (κ3) is 1.83. The fraction of sp³-hybridized carbons (Fsp3) is 0.176. The fourth-order valence-electron chi connectivity index (χ4n) is 2.91. The molecule has 0 bridgehead atoms. The van der Waals surface area contributed by atoms with Crippen LogP contribution in [0.1, 0.15) is 18.4 Å². The highest BCUT2D eigenvalue weighted by Crippen LogP contribution is 2.26. The van der Waals surface area contributed by atoms with Gasteiger partial charge in [0.2, 0.25) is 0 Å². The predicted octanol–water partition coefficient (Wildman–Crippen LogP) is 3.18. The van der Waals surface area contributed by atoms with E-state index in [2.05, 4.69) is 70.5 Å². The van der Waals surface area contributed by atoms with Gasteiger partial charge in [-0.05, 0) is 29.7 Å². The molecule has 4 rings (SSSR count). The lowest BCUT2D eigenvalue weighted by atomic mass is 10.0. The van der Waals surface area contributed by atoms with Gasteiger partial charge in [0.25, 0.3) is 0 Å². The number of allylic oxidation sites excluding steroid dienone is 1. The van der Waals surface area contributed by atoms with E-state index in [0.717, 1.165) is 18.7 Å². The van der Waals surface area contributed by atoms with Crippen LogP contribution in [0.2, 0.25) is 0 Å². The molecular formula is C17H17N3. The first kappa shape index (κ1) is 11.4. The number of hydrogen-bond donors (Lipinski definition) is 2. The topological polar surface area (TPSA) is 27.3 Å². The monoisotopic (exact) mass is 263 g/mol. The van der Waals surface area contributed by atoms with Crippen LogP contribution in [0.4, 0.5) is 0 Å². The van der Waals surface area contributed by atoms with Gasteiger partial charge in [-0.2, -0.15) is 0 Å². The Morgan fingerprint density at radius 1 is 0.950 bits per heavy atom. The zero-order valence-corrected chi connectivity index (χ0v) is 11.3. The summed E-state index contributed by atoms with van der Waals surface area (Å²) in [5.74, 6) is 1.17. The quantitative estimate of drug-likeness (QED) is 0.827. The van der Waals surface area contributed by atoms with Crippen molar-refractivity contribution in [3.63, 3.8) is 0 Å². The molecule has 0 fully saturated rings. The first-order valence-corrected chi connectivity index (χ1v) is 7.10. The zero-order valence-electron chi connectivity index (χ0n) is 11.3. The van der Waals surface area contributed by atoms with Crippen LogP contribution >= 0.6 is 0 Å². The molecule has 20 heavy (non-hydrogen) atoms. The van der Waals surface area contributed by atoms with Crippen LogP contribution in [0.3, 0.4) is 0 Å². The Morgan fingerprint density at radius 2 is 1.85 bits per heavy atom. The van der Waals surface area contributed by atoms with E-state index in [9.17, 15) is 0 Å². The summed E-state index contributed by atoms with van der Waals surface area (Å²) < 4.78 is 0. The van der Waals surface area contributed by atoms with Crippen LogP contribution in [0.5, 0.6) is 0 Å². The molecule has 100 valence electrons. The minimum atomic E-state index is 1.08. The molecule has 0 aromatic heterocycles. The van der Waals surface area contributed by atoms with E-state index in [1.807, 2.05) is 0 Å². The molecule has 0 saturated heterocycles. The second kappa shape index (κ2) is 4.60. The van der Waals surface area contributed by atoms with Crippen LogP contribution in [0, 0.1) is 0 Å². The number of fused-ring (bicyclic) bond motifs is 2. The van der Waals surface area contributed by atoms with E-state index in [-0.39, 0.29) is 0 Å². The van der Waals surface area contributed by atoms with Crippen molar-refractivity contribution in [2.75, 3.05) is 6.54 Å². The molecule has 2 aromatic carbocycles. The standard InChI is InChI=1S/C17H17N3/c1-2-8-14-13(6-1)7-5-9-15(14)16-12-20-11-4-3-10-17(20)19-18-16/h1-2,5-10,12,18-19H,3-4,11H2. The SMILES string of the molecule is C1=C(c2cccc3ccccc23)NNC2=CCCCN12. The van der Waals surface area contributed by atoms with E-state index >= 15 is 0 Å². The van der Waals surface area contributed by atoms with Crippen molar-refractivity contribution in [3.8, 4) is 0 Å². The van der Waals surface area contributed by atoms with E-state index in [0.29, 0.717) is 0 Å². The molecule has 2 heterocycles. The lowest BCUT2D eigenvalue weighted by molar-refractivity contribution is 0.368. The van der Waals surface area contributed by atoms with E-state index in [1.54, 1.807) is 0 Å². The van der Waals surface area contributed by atoms with E-state index in [1.165, 1.54) is 28.6 Å². The largest absolute Gasteiger partial charge is 0.332 e. The molecule has 0 amide bonds. The van der Waals surface area contributed by atoms with Gasteiger partial charge in [-0.25, -0.2) is 0 Å². The Kier molecular flexibility index (Phi) is 2.62. The van der Waals surface area contributed by atoms with Gasteiger partial charge >= 0.3 is 0 Å². The smallest absolute Gasteiger partial charge is 0.120 e. The Labute approximate surface area is 118 Å². The highest BCUT2D eigenvalue weighted by molar-refractivity contribution is 5.93. The molecule has 2 aliphatic rings. The molecule has 2 aromatic rings. The molecule has 0 atom stereocenters. The lowest BCUT2D eigenvalue weighted by Gasteiger charge is -2.34. The lowest BCUT2D eigenvalue weighted by Crippen LogP contribution is -2.43. The van der Waals surface area contributed by atoms with Crippen LogP contribution in [-0.2, 0) is 0 Å². The third-order valence-corrected chi connectivity index (χ3v) is 3.94. The zero-order chi connectivity index (χ0) is 13.4. The first-order valence-electron chi connectivity index (χ1n) is 7.10. The second-order valence-electron chi connectivity index (χ2n) is 5.24. The number of hydrazine groups is 1. The van der Waals surface area contributed by atoms with Gasteiger partial charge in [0.05, 0.1) is 5.70 Å². The summed E-state index contributed by atoms with van der Waals surface area (Å²) >= 11 is 0. The number of nitrogens with one attached hydrogen (secondary N) is 2. The van der Waals surface area contributed by atoms with Crippen LogP contribution in [-0.4, -0.2) is 11.4 Å². The van der Waals surface area contributed by atoms with Crippen molar-refractivity contribution in [2.24, 2.45) is 0 Å². The van der Waals surface area contributed by atoms with Gasteiger partial charge in [0, 0.05) is 18.3 Å². The molecular weight excluding hydrogens is 246 g/mol. The maximum atomic E-state index is 3.33. The predicted molar refractivity (Wildman–Crippen MR) is 82.2 cm³/mol. The minimum Gasteiger partial charge on any atom is -0.332 e. The van der Waals surface area contributed by atoms with Crippen molar-refractivity contribution in [1.29, 1.82) is 0 Å². The van der Waals surface area contributed by atoms with E-state index in [4.69, 9.17) is 0 Å². The number of benzene rings is 2.